The van der Waals surface area contributed by atoms with E-state index in [0.29, 0.717) is 0 Å². The Morgan fingerprint density at radius 2 is 1.79 bits per heavy atom. The minimum Gasteiger partial charge on any atom is -0.372 e. The third-order valence-electron chi connectivity index (χ3n) is 5.71. The lowest BCUT2D eigenvalue weighted by atomic mass is 9.96. The van der Waals surface area contributed by atoms with Crippen LogP contribution in [-0.4, -0.2) is 42.5 Å². The SMILES string of the molecule is C=C(C)/C(=C/C)C/C(=C\C)CCCCN1CCN(C2=CC=CCC2)CC1.CC. The molecule has 28 heavy (non-hydrogen) atoms. The van der Waals surface area contributed by atoms with Crippen molar-refractivity contribution in [2.45, 2.75) is 73.1 Å². The van der Waals surface area contributed by atoms with Crippen LogP contribution in [0, 0.1) is 0 Å². The first kappa shape index (κ1) is 24.5. The molecular weight excluding hydrogens is 340 g/mol. The van der Waals surface area contributed by atoms with E-state index in [4.69, 9.17) is 0 Å². The van der Waals surface area contributed by atoms with Crippen LogP contribution in [0.4, 0.5) is 0 Å². The second-order valence-corrected chi connectivity index (χ2v) is 7.63. The number of unbranched alkanes of at least 4 members (excludes halogenated alkanes) is 1. The quantitative estimate of drug-likeness (QED) is 0.242. The number of hydrogen-bond acceptors (Lipinski definition) is 2. The first-order chi connectivity index (χ1) is 13.6. The molecule has 2 heteroatoms. The highest BCUT2D eigenvalue weighted by Gasteiger charge is 2.18. The van der Waals surface area contributed by atoms with E-state index >= 15 is 0 Å². The zero-order valence-corrected chi connectivity index (χ0v) is 19.3. The van der Waals surface area contributed by atoms with E-state index < -0.39 is 0 Å². The smallest absolute Gasteiger partial charge is 0.0303 e. The monoisotopic (exact) mass is 384 g/mol. The van der Waals surface area contributed by atoms with E-state index in [1.807, 2.05) is 13.8 Å². The van der Waals surface area contributed by atoms with Crippen LogP contribution in [0.15, 0.2) is 59.4 Å². The highest BCUT2D eigenvalue weighted by atomic mass is 15.3. The van der Waals surface area contributed by atoms with Gasteiger partial charge in [0.25, 0.3) is 0 Å². The normalized spacial score (nSPS) is 18.5. The van der Waals surface area contributed by atoms with E-state index in [1.165, 1.54) is 76.0 Å². The Balaban J connectivity index is 0.00000190. The molecule has 0 atom stereocenters. The van der Waals surface area contributed by atoms with E-state index in [2.05, 4.69) is 67.5 Å². The van der Waals surface area contributed by atoms with Gasteiger partial charge in [0.15, 0.2) is 0 Å². The number of rotatable bonds is 9. The predicted octanol–water partition coefficient (Wildman–Crippen LogP) is 6.89. The molecule has 0 bridgehead atoms. The lowest BCUT2D eigenvalue weighted by Crippen LogP contribution is -2.46. The molecule has 0 aromatic heterocycles. The molecule has 1 fully saturated rings. The van der Waals surface area contributed by atoms with Gasteiger partial charge in [0.05, 0.1) is 0 Å². The first-order valence-corrected chi connectivity index (χ1v) is 11.4. The molecule has 1 aliphatic heterocycles. The van der Waals surface area contributed by atoms with Gasteiger partial charge in [0.2, 0.25) is 0 Å². The summed E-state index contributed by atoms with van der Waals surface area (Å²) >= 11 is 0. The molecule has 0 unspecified atom stereocenters. The maximum Gasteiger partial charge on any atom is 0.0303 e. The molecule has 0 saturated carbocycles. The van der Waals surface area contributed by atoms with Gasteiger partial charge >= 0.3 is 0 Å². The fourth-order valence-electron chi connectivity index (χ4n) is 3.88. The molecule has 0 amide bonds. The van der Waals surface area contributed by atoms with Crippen LogP contribution in [-0.2, 0) is 0 Å². The molecule has 2 nitrogen and oxygen atoms in total. The zero-order valence-electron chi connectivity index (χ0n) is 19.3. The number of nitrogens with zero attached hydrogens (tertiary/aromatic N) is 2. The van der Waals surface area contributed by atoms with Crippen molar-refractivity contribution < 1.29 is 0 Å². The maximum absolute atomic E-state index is 4.10. The van der Waals surface area contributed by atoms with Gasteiger partial charge < -0.3 is 4.90 Å². The minimum atomic E-state index is 1.07. The topological polar surface area (TPSA) is 6.48 Å². The third kappa shape index (κ3) is 8.65. The Labute approximate surface area is 175 Å². The van der Waals surface area contributed by atoms with Crippen molar-refractivity contribution in [1.82, 2.24) is 9.80 Å². The minimum absolute atomic E-state index is 1.07. The van der Waals surface area contributed by atoms with Gasteiger partial charge in [0, 0.05) is 31.9 Å². The number of hydrogen-bond donors (Lipinski definition) is 0. The van der Waals surface area contributed by atoms with Gasteiger partial charge in [-0.3, -0.25) is 4.90 Å². The van der Waals surface area contributed by atoms with Crippen LogP contribution in [0.25, 0.3) is 0 Å². The first-order valence-electron chi connectivity index (χ1n) is 11.4. The van der Waals surface area contributed by atoms with Crippen molar-refractivity contribution in [3.63, 3.8) is 0 Å². The van der Waals surface area contributed by atoms with Crippen LogP contribution in [0.2, 0.25) is 0 Å². The van der Waals surface area contributed by atoms with Crippen molar-refractivity contribution in [3.05, 3.63) is 59.4 Å². The van der Waals surface area contributed by atoms with Crippen molar-refractivity contribution in [1.29, 1.82) is 0 Å². The summed E-state index contributed by atoms with van der Waals surface area (Å²) in [7, 11) is 0. The Bertz CT molecular complexity index is 569. The molecule has 0 spiro atoms. The average molecular weight is 385 g/mol. The maximum atomic E-state index is 4.10. The summed E-state index contributed by atoms with van der Waals surface area (Å²) in [5.41, 5.74) is 5.69. The summed E-state index contributed by atoms with van der Waals surface area (Å²) in [6, 6.07) is 0. The molecule has 158 valence electrons. The van der Waals surface area contributed by atoms with Crippen molar-refractivity contribution in [2.24, 2.45) is 0 Å². The van der Waals surface area contributed by atoms with Crippen LogP contribution >= 0.6 is 0 Å². The molecule has 0 N–H and O–H groups in total. The molecule has 2 aliphatic rings. The summed E-state index contributed by atoms with van der Waals surface area (Å²) in [5.74, 6) is 0. The second-order valence-electron chi connectivity index (χ2n) is 7.63. The van der Waals surface area contributed by atoms with Crippen LogP contribution < -0.4 is 0 Å². The summed E-state index contributed by atoms with van der Waals surface area (Å²) in [4.78, 5) is 5.24. The molecule has 0 radical (unpaired) electrons. The largest absolute Gasteiger partial charge is 0.372 e. The standard InChI is InChI=1S/C24H38N2.C2H6/c1-5-22(20-23(6-2)21(3)4)12-10-11-15-25-16-18-26(19-17-25)24-13-8-7-9-14-24;1-2/h5-8,13H,3,9-12,14-20H2,1-2,4H3;1-2H3/b22-5-,23-6+;. The summed E-state index contributed by atoms with van der Waals surface area (Å²) < 4.78 is 0. The molecule has 1 heterocycles. The second kappa shape index (κ2) is 14.5. The van der Waals surface area contributed by atoms with Crippen molar-refractivity contribution in [2.75, 3.05) is 32.7 Å². The van der Waals surface area contributed by atoms with E-state index in [1.54, 1.807) is 11.3 Å². The Morgan fingerprint density at radius 3 is 2.32 bits per heavy atom. The molecule has 0 aromatic rings. The highest BCUT2D eigenvalue weighted by molar-refractivity contribution is 5.30. The molecule has 0 aromatic carbocycles. The molecular formula is C26H44N2. The van der Waals surface area contributed by atoms with E-state index in [-0.39, 0.29) is 0 Å². The van der Waals surface area contributed by atoms with Gasteiger partial charge in [-0.2, -0.15) is 0 Å². The predicted molar refractivity (Wildman–Crippen MR) is 127 cm³/mol. The lowest BCUT2D eigenvalue weighted by molar-refractivity contribution is 0.154. The molecule has 1 saturated heterocycles. The zero-order chi connectivity index (χ0) is 20.8. The molecule has 1 aliphatic carbocycles. The Morgan fingerprint density at radius 1 is 1.07 bits per heavy atom. The van der Waals surface area contributed by atoms with Crippen LogP contribution in [0.5, 0.6) is 0 Å². The van der Waals surface area contributed by atoms with Crippen LogP contribution in [0.3, 0.4) is 0 Å². The van der Waals surface area contributed by atoms with Crippen molar-refractivity contribution in [3.8, 4) is 0 Å². The number of allylic oxidation sites excluding steroid dienone is 9. The van der Waals surface area contributed by atoms with Gasteiger partial charge in [0.1, 0.15) is 0 Å². The highest BCUT2D eigenvalue weighted by Crippen LogP contribution is 2.22. The van der Waals surface area contributed by atoms with Crippen molar-refractivity contribution >= 4 is 0 Å². The van der Waals surface area contributed by atoms with Gasteiger partial charge in [-0.1, -0.05) is 55.9 Å². The van der Waals surface area contributed by atoms with Gasteiger partial charge in [-0.05, 0) is 77.5 Å². The lowest BCUT2D eigenvalue weighted by Gasteiger charge is -2.37. The number of piperazine rings is 1. The fourth-order valence-corrected chi connectivity index (χ4v) is 3.88. The fraction of sp³-hybridized carbons (Fsp3) is 0.615. The average Bonchev–Trinajstić information content (AvgIpc) is 2.75. The summed E-state index contributed by atoms with van der Waals surface area (Å²) in [6.45, 7) is 20.6. The van der Waals surface area contributed by atoms with Gasteiger partial charge in [-0.25, -0.2) is 0 Å². The van der Waals surface area contributed by atoms with Crippen LogP contribution in [0.1, 0.15) is 73.1 Å². The summed E-state index contributed by atoms with van der Waals surface area (Å²) in [6.07, 6.45) is 18.6. The molecule has 2 rings (SSSR count). The third-order valence-corrected chi connectivity index (χ3v) is 5.71. The summed E-state index contributed by atoms with van der Waals surface area (Å²) in [5, 5.41) is 0. The van der Waals surface area contributed by atoms with Gasteiger partial charge in [-0.15, -0.1) is 0 Å². The van der Waals surface area contributed by atoms with E-state index in [9.17, 15) is 0 Å². The Hall–Kier alpha value is -1.54. The Kier molecular flexibility index (Phi) is 12.6. The van der Waals surface area contributed by atoms with E-state index in [0.717, 1.165) is 6.42 Å².